The molecule has 6 nitrogen and oxygen atoms in total. The maximum Gasteiger partial charge on any atom is 0.319 e. The monoisotopic (exact) mass is 388 g/mol. The van der Waals surface area contributed by atoms with Gasteiger partial charge in [0, 0.05) is 11.4 Å². The Morgan fingerprint density at radius 2 is 1.89 bits per heavy atom. The molecule has 27 heavy (non-hydrogen) atoms. The van der Waals surface area contributed by atoms with Gasteiger partial charge < -0.3 is 21.7 Å². The van der Waals surface area contributed by atoms with Crippen LogP contribution in [0.5, 0.6) is 0 Å². The van der Waals surface area contributed by atoms with Gasteiger partial charge in [-0.15, -0.1) is 12.4 Å². The summed E-state index contributed by atoms with van der Waals surface area (Å²) < 4.78 is 0. The van der Waals surface area contributed by atoms with E-state index < -0.39 is 12.1 Å². The van der Waals surface area contributed by atoms with Crippen LogP contribution in [-0.2, 0) is 11.2 Å². The van der Waals surface area contributed by atoms with E-state index in [2.05, 4.69) is 16.0 Å². The van der Waals surface area contributed by atoms with E-state index in [1.165, 1.54) is 5.56 Å². The third kappa shape index (κ3) is 5.37. The number of nitrogens with two attached hydrogens (primary N) is 1. The Morgan fingerprint density at radius 3 is 2.63 bits per heavy atom. The molecule has 0 spiro atoms. The lowest BCUT2D eigenvalue weighted by atomic mass is 9.87. The molecule has 5 N–H and O–H groups in total. The highest BCUT2D eigenvalue weighted by molar-refractivity contribution is 5.93. The van der Waals surface area contributed by atoms with Crippen molar-refractivity contribution < 1.29 is 9.59 Å². The molecule has 144 valence electrons. The average molecular weight is 389 g/mol. The Balaban J connectivity index is 0.00000261. The molecule has 7 heteroatoms. The summed E-state index contributed by atoms with van der Waals surface area (Å²) in [6.45, 7) is 1.67. The van der Waals surface area contributed by atoms with Crippen molar-refractivity contribution in [2.45, 2.75) is 38.3 Å². The quantitative estimate of drug-likeness (QED) is 0.604. The highest BCUT2D eigenvalue weighted by atomic mass is 35.5. The smallest absolute Gasteiger partial charge is 0.319 e. The van der Waals surface area contributed by atoms with Gasteiger partial charge in [-0.3, -0.25) is 4.79 Å². The molecular formula is C20H25ClN4O2. The van der Waals surface area contributed by atoms with E-state index in [1.807, 2.05) is 36.4 Å². The number of amides is 3. The molecule has 0 aromatic heterocycles. The number of rotatable bonds is 4. The molecule has 0 saturated carbocycles. The van der Waals surface area contributed by atoms with E-state index in [4.69, 9.17) is 5.73 Å². The molecule has 0 heterocycles. The molecule has 0 saturated heterocycles. The Kier molecular flexibility index (Phi) is 7.07. The van der Waals surface area contributed by atoms with Crippen LogP contribution in [0, 0.1) is 0 Å². The summed E-state index contributed by atoms with van der Waals surface area (Å²) >= 11 is 0. The van der Waals surface area contributed by atoms with Gasteiger partial charge in [-0.05, 0) is 61.6 Å². The first-order chi connectivity index (χ1) is 12.5. The molecule has 2 atom stereocenters. The number of benzene rings is 2. The lowest BCUT2D eigenvalue weighted by Gasteiger charge is -2.28. The zero-order valence-corrected chi connectivity index (χ0v) is 16.0. The van der Waals surface area contributed by atoms with Crippen molar-refractivity contribution in [3.8, 4) is 0 Å². The van der Waals surface area contributed by atoms with E-state index in [0.29, 0.717) is 5.69 Å². The minimum absolute atomic E-state index is 0. The number of aryl methyl sites for hydroxylation is 1. The summed E-state index contributed by atoms with van der Waals surface area (Å²) in [5.74, 6) is -0.206. The number of anilines is 2. The van der Waals surface area contributed by atoms with Crippen LogP contribution in [0.25, 0.3) is 0 Å². The zero-order valence-electron chi connectivity index (χ0n) is 15.2. The maximum absolute atomic E-state index is 12.5. The van der Waals surface area contributed by atoms with Crippen molar-refractivity contribution in [1.82, 2.24) is 10.6 Å². The molecule has 3 amide bonds. The van der Waals surface area contributed by atoms with Crippen LogP contribution in [0.15, 0.2) is 48.5 Å². The second-order valence-electron chi connectivity index (χ2n) is 6.60. The predicted octanol–water partition coefficient (Wildman–Crippen LogP) is 3.39. The second-order valence-corrected chi connectivity index (χ2v) is 6.60. The number of nitrogen functional groups attached to an aromatic ring is 1. The van der Waals surface area contributed by atoms with Gasteiger partial charge in [0.05, 0.1) is 6.04 Å². The van der Waals surface area contributed by atoms with Gasteiger partial charge >= 0.3 is 6.03 Å². The van der Waals surface area contributed by atoms with Gasteiger partial charge in [-0.1, -0.05) is 24.3 Å². The van der Waals surface area contributed by atoms with Crippen molar-refractivity contribution in [3.63, 3.8) is 0 Å². The Hall–Kier alpha value is -2.73. The third-order valence-electron chi connectivity index (χ3n) is 4.57. The predicted molar refractivity (Wildman–Crippen MR) is 110 cm³/mol. The molecule has 0 radical (unpaired) electrons. The number of urea groups is 1. The minimum Gasteiger partial charge on any atom is -0.399 e. The summed E-state index contributed by atoms with van der Waals surface area (Å²) in [6.07, 6.45) is 2.85. The van der Waals surface area contributed by atoms with Gasteiger partial charge in [0.15, 0.2) is 0 Å². The van der Waals surface area contributed by atoms with Crippen LogP contribution in [0.2, 0.25) is 0 Å². The topological polar surface area (TPSA) is 96.2 Å². The van der Waals surface area contributed by atoms with Crippen LogP contribution >= 0.6 is 12.4 Å². The highest BCUT2D eigenvalue weighted by Gasteiger charge is 2.24. The van der Waals surface area contributed by atoms with E-state index in [-0.39, 0.29) is 24.4 Å². The number of hydrogen-bond acceptors (Lipinski definition) is 3. The summed E-state index contributed by atoms with van der Waals surface area (Å²) in [6, 6.07) is 13.8. The van der Waals surface area contributed by atoms with Gasteiger partial charge in [-0.2, -0.15) is 0 Å². The fraction of sp³-hybridized carbons (Fsp3) is 0.300. The number of nitrogens with one attached hydrogen (secondary N) is 3. The highest BCUT2D eigenvalue weighted by Crippen LogP contribution is 2.30. The number of halogens is 1. The van der Waals surface area contributed by atoms with Crippen LogP contribution in [0.1, 0.15) is 36.9 Å². The van der Waals surface area contributed by atoms with Crippen molar-refractivity contribution in [2.24, 2.45) is 0 Å². The first-order valence-corrected chi connectivity index (χ1v) is 8.84. The normalized spacial score (nSPS) is 16.3. The van der Waals surface area contributed by atoms with Crippen LogP contribution < -0.4 is 21.7 Å². The molecule has 3 rings (SSSR count). The van der Waals surface area contributed by atoms with Crippen LogP contribution in [0.3, 0.4) is 0 Å². The van der Waals surface area contributed by atoms with Gasteiger partial charge in [0.1, 0.15) is 6.04 Å². The molecule has 1 aliphatic carbocycles. The fourth-order valence-electron chi connectivity index (χ4n) is 3.23. The summed E-state index contributed by atoms with van der Waals surface area (Å²) in [7, 11) is 0. The number of fused-ring (bicyclic) bond motifs is 1. The summed E-state index contributed by atoms with van der Waals surface area (Å²) in [5, 5.41) is 8.42. The lowest BCUT2D eigenvalue weighted by Crippen LogP contribution is -2.47. The van der Waals surface area contributed by atoms with Gasteiger partial charge in [-0.25, -0.2) is 4.79 Å². The standard InChI is InChI=1S/C20H24N4O2.ClH/c1-13(22-20(26)23-16-7-3-2-4-8-16)19(25)24-18-9-5-6-14-12-15(21)10-11-17(14)18;/h2-4,7-8,10-13,18H,5-6,9,21H2,1H3,(H,24,25)(H2,22,23,26);1H. The van der Waals surface area contributed by atoms with Gasteiger partial charge in [0.2, 0.25) is 5.91 Å². The Morgan fingerprint density at radius 1 is 1.15 bits per heavy atom. The molecular weight excluding hydrogens is 364 g/mol. The second kappa shape index (κ2) is 9.28. The van der Waals surface area contributed by atoms with Crippen molar-refractivity contribution >= 4 is 35.7 Å². The SMILES string of the molecule is CC(NC(=O)Nc1ccccc1)C(=O)NC1CCCc2cc(N)ccc21.Cl. The van der Waals surface area contributed by atoms with Crippen LogP contribution in [-0.4, -0.2) is 18.0 Å². The molecule has 2 aromatic carbocycles. The zero-order chi connectivity index (χ0) is 18.5. The number of hydrogen-bond donors (Lipinski definition) is 4. The van der Waals surface area contributed by atoms with E-state index >= 15 is 0 Å². The van der Waals surface area contributed by atoms with E-state index in [1.54, 1.807) is 19.1 Å². The Labute approximate surface area is 165 Å². The first kappa shape index (κ1) is 20.6. The number of carbonyl (C=O) groups excluding carboxylic acids is 2. The number of carbonyl (C=O) groups is 2. The van der Waals surface area contributed by atoms with Crippen molar-refractivity contribution in [3.05, 3.63) is 59.7 Å². The molecule has 2 unspecified atom stereocenters. The third-order valence-corrected chi connectivity index (χ3v) is 4.57. The van der Waals surface area contributed by atoms with Crippen molar-refractivity contribution in [2.75, 3.05) is 11.1 Å². The maximum atomic E-state index is 12.5. The van der Waals surface area contributed by atoms with Crippen LogP contribution in [0.4, 0.5) is 16.2 Å². The number of para-hydroxylation sites is 1. The molecule has 0 bridgehead atoms. The molecule has 0 aliphatic heterocycles. The molecule has 2 aromatic rings. The summed E-state index contributed by atoms with van der Waals surface area (Å²) in [5.41, 5.74) is 9.56. The van der Waals surface area contributed by atoms with Gasteiger partial charge in [0.25, 0.3) is 0 Å². The molecule has 1 aliphatic rings. The average Bonchev–Trinajstić information content (AvgIpc) is 2.62. The summed E-state index contributed by atoms with van der Waals surface area (Å²) in [4.78, 5) is 24.5. The van der Waals surface area contributed by atoms with E-state index in [0.717, 1.165) is 30.5 Å². The Bertz CT molecular complexity index is 798. The first-order valence-electron chi connectivity index (χ1n) is 8.84. The van der Waals surface area contributed by atoms with E-state index in [9.17, 15) is 9.59 Å². The fourth-order valence-corrected chi connectivity index (χ4v) is 3.23. The minimum atomic E-state index is -0.641. The lowest BCUT2D eigenvalue weighted by molar-refractivity contribution is -0.123. The van der Waals surface area contributed by atoms with Crippen molar-refractivity contribution in [1.29, 1.82) is 0 Å². The largest absolute Gasteiger partial charge is 0.399 e. The molecule has 0 fully saturated rings.